The lowest BCUT2D eigenvalue weighted by molar-refractivity contribution is 0.401. The molecule has 0 saturated heterocycles. The maximum Gasteiger partial charge on any atom is 0.0386 e. The Bertz CT molecular complexity index is 305. The van der Waals surface area contributed by atoms with Gasteiger partial charge in [-0.2, -0.15) is 0 Å². The van der Waals surface area contributed by atoms with Gasteiger partial charge in [0.05, 0.1) is 0 Å². The summed E-state index contributed by atoms with van der Waals surface area (Å²) >= 11 is 0. The summed E-state index contributed by atoms with van der Waals surface area (Å²) in [4.78, 5) is 2.39. The van der Waals surface area contributed by atoms with Crippen molar-refractivity contribution in [3.8, 4) is 0 Å². The van der Waals surface area contributed by atoms with Gasteiger partial charge in [0.25, 0.3) is 0 Å². The normalized spacial score (nSPS) is 16.1. The summed E-state index contributed by atoms with van der Waals surface area (Å²) in [5.41, 5.74) is 2.51. The molecule has 1 aromatic carbocycles. The number of anilines is 2. The zero-order valence-electron chi connectivity index (χ0n) is 8.96. The van der Waals surface area contributed by atoms with Gasteiger partial charge in [0.15, 0.2) is 0 Å². The summed E-state index contributed by atoms with van der Waals surface area (Å²) < 4.78 is 0. The topological polar surface area (TPSA) is 15.3 Å². The second-order valence-corrected chi connectivity index (χ2v) is 4.00. The van der Waals surface area contributed by atoms with E-state index >= 15 is 0 Å². The molecule has 2 heteroatoms. The van der Waals surface area contributed by atoms with Crippen molar-refractivity contribution in [1.82, 2.24) is 0 Å². The average molecular weight is 190 g/mol. The smallest absolute Gasteiger partial charge is 0.0386 e. The van der Waals surface area contributed by atoms with Crippen molar-refractivity contribution >= 4 is 11.4 Å². The highest BCUT2D eigenvalue weighted by atomic mass is 15.1. The van der Waals surface area contributed by atoms with E-state index in [1.54, 1.807) is 0 Å². The van der Waals surface area contributed by atoms with Gasteiger partial charge in [-0.05, 0) is 37.5 Å². The third kappa shape index (κ3) is 1.69. The molecule has 1 aromatic rings. The standard InChI is InChI=1S/C12H18N2/c1-13-10-5-3-8-12(9-10)14(2)11-6-4-7-11/h3,5,8-9,11,13H,4,6-7H2,1-2H3. The molecule has 0 aromatic heterocycles. The van der Waals surface area contributed by atoms with E-state index in [9.17, 15) is 0 Å². The second kappa shape index (κ2) is 3.91. The zero-order chi connectivity index (χ0) is 9.97. The quantitative estimate of drug-likeness (QED) is 0.788. The van der Waals surface area contributed by atoms with Crippen molar-refractivity contribution in [2.24, 2.45) is 0 Å². The van der Waals surface area contributed by atoms with E-state index in [0.717, 1.165) is 6.04 Å². The molecule has 1 fully saturated rings. The molecule has 0 bridgehead atoms. The molecule has 2 nitrogen and oxygen atoms in total. The van der Waals surface area contributed by atoms with Crippen LogP contribution in [-0.4, -0.2) is 20.1 Å². The lowest BCUT2D eigenvalue weighted by Gasteiger charge is -2.36. The molecule has 1 N–H and O–H groups in total. The van der Waals surface area contributed by atoms with Crippen LogP contribution >= 0.6 is 0 Å². The Morgan fingerprint density at radius 3 is 2.71 bits per heavy atom. The predicted molar refractivity (Wildman–Crippen MR) is 62.0 cm³/mol. The van der Waals surface area contributed by atoms with Crippen LogP contribution in [0.5, 0.6) is 0 Å². The minimum absolute atomic E-state index is 0.766. The third-order valence-corrected chi connectivity index (χ3v) is 3.16. The molecule has 1 aliphatic carbocycles. The monoisotopic (exact) mass is 190 g/mol. The Morgan fingerprint density at radius 2 is 2.14 bits per heavy atom. The molecule has 0 atom stereocenters. The van der Waals surface area contributed by atoms with Gasteiger partial charge in [0.1, 0.15) is 0 Å². The van der Waals surface area contributed by atoms with E-state index in [0.29, 0.717) is 0 Å². The Hall–Kier alpha value is -1.18. The minimum Gasteiger partial charge on any atom is -0.388 e. The maximum absolute atomic E-state index is 3.17. The van der Waals surface area contributed by atoms with Crippen molar-refractivity contribution < 1.29 is 0 Å². The van der Waals surface area contributed by atoms with Crippen LogP contribution in [0.3, 0.4) is 0 Å². The van der Waals surface area contributed by atoms with Gasteiger partial charge >= 0.3 is 0 Å². The van der Waals surface area contributed by atoms with Crippen LogP contribution in [0, 0.1) is 0 Å². The summed E-state index contributed by atoms with van der Waals surface area (Å²) in [7, 11) is 4.15. The molecule has 0 radical (unpaired) electrons. The molecule has 2 rings (SSSR count). The van der Waals surface area contributed by atoms with Crippen LogP contribution in [0.4, 0.5) is 11.4 Å². The van der Waals surface area contributed by atoms with Crippen molar-refractivity contribution in [2.45, 2.75) is 25.3 Å². The van der Waals surface area contributed by atoms with Gasteiger partial charge in [0.2, 0.25) is 0 Å². The van der Waals surface area contributed by atoms with Gasteiger partial charge in [0, 0.05) is 31.5 Å². The van der Waals surface area contributed by atoms with Crippen molar-refractivity contribution in [1.29, 1.82) is 0 Å². The van der Waals surface area contributed by atoms with E-state index < -0.39 is 0 Å². The number of rotatable bonds is 3. The minimum atomic E-state index is 0.766. The molecular formula is C12H18N2. The first-order valence-electron chi connectivity index (χ1n) is 5.32. The molecular weight excluding hydrogens is 172 g/mol. The number of hydrogen-bond donors (Lipinski definition) is 1. The Kier molecular flexibility index (Phi) is 2.62. The SMILES string of the molecule is CNc1cccc(N(C)C2CCC2)c1. The van der Waals surface area contributed by atoms with Gasteiger partial charge < -0.3 is 10.2 Å². The molecule has 14 heavy (non-hydrogen) atoms. The van der Waals surface area contributed by atoms with E-state index in [1.807, 2.05) is 7.05 Å². The molecule has 1 saturated carbocycles. The van der Waals surface area contributed by atoms with E-state index in [2.05, 4.69) is 41.5 Å². The highest BCUT2D eigenvalue weighted by Crippen LogP contribution is 2.29. The lowest BCUT2D eigenvalue weighted by Crippen LogP contribution is -2.37. The molecule has 0 spiro atoms. The Morgan fingerprint density at radius 1 is 1.36 bits per heavy atom. The number of nitrogens with zero attached hydrogens (tertiary/aromatic N) is 1. The highest BCUT2D eigenvalue weighted by molar-refractivity contribution is 5.58. The third-order valence-electron chi connectivity index (χ3n) is 3.16. The first-order valence-corrected chi connectivity index (χ1v) is 5.32. The van der Waals surface area contributed by atoms with E-state index in [1.165, 1.54) is 30.6 Å². The zero-order valence-corrected chi connectivity index (χ0v) is 8.96. The predicted octanol–water partition coefficient (Wildman–Crippen LogP) is 2.72. The fourth-order valence-electron chi connectivity index (χ4n) is 1.87. The van der Waals surface area contributed by atoms with Crippen LogP contribution in [0.25, 0.3) is 0 Å². The molecule has 0 aliphatic heterocycles. The molecule has 0 unspecified atom stereocenters. The van der Waals surface area contributed by atoms with E-state index in [-0.39, 0.29) is 0 Å². The second-order valence-electron chi connectivity index (χ2n) is 4.00. The first-order chi connectivity index (χ1) is 6.81. The van der Waals surface area contributed by atoms with Crippen molar-refractivity contribution in [2.75, 3.05) is 24.3 Å². The number of hydrogen-bond acceptors (Lipinski definition) is 2. The van der Waals surface area contributed by atoms with Crippen LogP contribution in [0.2, 0.25) is 0 Å². The van der Waals surface area contributed by atoms with Gasteiger partial charge in [-0.3, -0.25) is 0 Å². The Balaban J connectivity index is 2.13. The fourth-order valence-corrected chi connectivity index (χ4v) is 1.87. The summed E-state index contributed by atoms with van der Waals surface area (Å²) in [6, 6.07) is 9.36. The largest absolute Gasteiger partial charge is 0.388 e. The summed E-state index contributed by atoms with van der Waals surface area (Å²) in [5, 5.41) is 3.17. The Labute approximate surface area is 85.9 Å². The molecule has 1 aliphatic rings. The molecule has 0 amide bonds. The number of benzene rings is 1. The van der Waals surface area contributed by atoms with Crippen LogP contribution in [0.15, 0.2) is 24.3 Å². The van der Waals surface area contributed by atoms with Crippen LogP contribution in [-0.2, 0) is 0 Å². The van der Waals surface area contributed by atoms with Gasteiger partial charge in [-0.1, -0.05) is 6.07 Å². The molecule has 76 valence electrons. The van der Waals surface area contributed by atoms with E-state index in [4.69, 9.17) is 0 Å². The molecule has 0 heterocycles. The highest BCUT2D eigenvalue weighted by Gasteiger charge is 2.22. The summed E-state index contributed by atoms with van der Waals surface area (Å²) in [5.74, 6) is 0. The van der Waals surface area contributed by atoms with Gasteiger partial charge in [-0.25, -0.2) is 0 Å². The summed E-state index contributed by atoms with van der Waals surface area (Å²) in [6.45, 7) is 0. The van der Waals surface area contributed by atoms with Gasteiger partial charge in [-0.15, -0.1) is 0 Å². The number of nitrogens with one attached hydrogen (secondary N) is 1. The average Bonchev–Trinajstić information content (AvgIpc) is 2.15. The maximum atomic E-state index is 3.17. The summed E-state index contributed by atoms with van der Waals surface area (Å²) in [6.07, 6.45) is 4.08. The van der Waals surface area contributed by atoms with Crippen molar-refractivity contribution in [3.05, 3.63) is 24.3 Å². The van der Waals surface area contributed by atoms with Crippen molar-refractivity contribution in [3.63, 3.8) is 0 Å². The fraction of sp³-hybridized carbons (Fsp3) is 0.500. The lowest BCUT2D eigenvalue weighted by atomic mass is 9.91. The van der Waals surface area contributed by atoms with Crippen LogP contribution < -0.4 is 10.2 Å². The first kappa shape index (κ1) is 9.38. The van der Waals surface area contributed by atoms with Crippen LogP contribution in [0.1, 0.15) is 19.3 Å².